The van der Waals surface area contributed by atoms with Gasteiger partial charge in [-0.3, -0.25) is 0 Å². The molecular weight excluding hydrogens is 270 g/mol. The number of aryl methyl sites for hydroxylation is 1. The smallest absolute Gasteiger partial charge is 0.226 e. The lowest BCUT2D eigenvalue weighted by molar-refractivity contribution is 0.485. The largest absolute Gasteiger partial charge is 0.425 e. The van der Waals surface area contributed by atoms with Crippen LogP contribution in [0.1, 0.15) is 43.7 Å². The van der Waals surface area contributed by atoms with E-state index in [0.717, 1.165) is 13.0 Å². The van der Waals surface area contributed by atoms with Gasteiger partial charge in [0, 0.05) is 17.9 Å². The van der Waals surface area contributed by atoms with Gasteiger partial charge in [-0.2, -0.15) is 0 Å². The molecule has 0 radical (unpaired) electrons. The van der Waals surface area contributed by atoms with Crippen LogP contribution in [0.2, 0.25) is 0 Å². The minimum Gasteiger partial charge on any atom is -0.425 e. The zero-order valence-electron chi connectivity index (χ0n) is 12.2. The maximum absolute atomic E-state index is 5.36. The van der Waals surface area contributed by atoms with Crippen LogP contribution in [0.25, 0.3) is 0 Å². The molecule has 1 heterocycles. The molecule has 0 amide bonds. The molecule has 0 aliphatic carbocycles. The third-order valence-corrected chi connectivity index (χ3v) is 4.01. The lowest BCUT2D eigenvalue weighted by atomic mass is 10.1. The van der Waals surface area contributed by atoms with Gasteiger partial charge < -0.3 is 9.73 Å². The van der Waals surface area contributed by atoms with E-state index in [1.165, 1.54) is 10.5 Å². The van der Waals surface area contributed by atoms with Crippen molar-refractivity contribution in [3.05, 3.63) is 41.6 Å². The Balaban J connectivity index is 1.87. The quantitative estimate of drug-likeness (QED) is 0.788. The summed E-state index contributed by atoms with van der Waals surface area (Å²) < 4.78 is 5.36. The van der Waals surface area contributed by atoms with Crippen molar-refractivity contribution in [3.63, 3.8) is 0 Å². The molecule has 5 heteroatoms. The van der Waals surface area contributed by atoms with Gasteiger partial charge >= 0.3 is 0 Å². The summed E-state index contributed by atoms with van der Waals surface area (Å²) in [5.41, 5.74) is 1.32. The highest BCUT2D eigenvalue weighted by molar-refractivity contribution is 7.98. The van der Waals surface area contributed by atoms with E-state index in [1.807, 2.05) is 0 Å². The molecule has 0 aliphatic heterocycles. The van der Waals surface area contributed by atoms with E-state index in [-0.39, 0.29) is 0 Å². The summed E-state index contributed by atoms with van der Waals surface area (Å²) in [5.74, 6) is 2.01. The van der Waals surface area contributed by atoms with Gasteiger partial charge in [0.05, 0.1) is 5.75 Å². The van der Waals surface area contributed by atoms with Gasteiger partial charge in [0.1, 0.15) is 0 Å². The molecule has 20 heavy (non-hydrogen) atoms. The Kier molecular flexibility index (Phi) is 5.61. The van der Waals surface area contributed by atoms with E-state index in [9.17, 15) is 0 Å². The number of nitrogens with one attached hydrogen (secondary N) is 1. The summed E-state index contributed by atoms with van der Waals surface area (Å²) in [4.78, 5) is 1.22. The summed E-state index contributed by atoms with van der Waals surface area (Å²) in [6, 6.07) is 9.04. The first-order chi connectivity index (χ1) is 9.69. The first-order valence-corrected chi connectivity index (χ1v) is 7.92. The van der Waals surface area contributed by atoms with Gasteiger partial charge in [-0.05, 0) is 37.6 Å². The summed E-state index contributed by atoms with van der Waals surface area (Å²) in [6.07, 6.45) is 1.15. The van der Waals surface area contributed by atoms with Crippen LogP contribution in [0.4, 0.5) is 0 Å². The fourth-order valence-corrected chi connectivity index (χ4v) is 2.61. The van der Waals surface area contributed by atoms with Gasteiger partial charge in [0.2, 0.25) is 11.8 Å². The van der Waals surface area contributed by atoms with Crippen molar-refractivity contribution < 1.29 is 4.42 Å². The highest BCUT2D eigenvalue weighted by Crippen LogP contribution is 2.24. The average Bonchev–Trinajstić information content (AvgIpc) is 2.89. The predicted octanol–water partition coefficient (Wildman–Crippen LogP) is 3.73. The van der Waals surface area contributed by atoms with Crippen LogP contribution in [0.5, 0.6) is 0 Å². The number of hydrogen-bond acceptors (Lipinski definition) is 5. The van der Waals surface area contributed by atoms with Crippen molar-refractivity contribution in [2.75, 3.05) is 6.54 Å². The number of rotatable bonds is 7. The molecular formula is C15H21N3OS. The summed E-state index contributed by atoms with van der Waals surface area (Å²) >= 11 is 1.71. The molecule has 2 aromatic rings. The first-order valence-electron chi connectivity index (χ1n) is 6.94. The maximum Gasteiger partial charge on any atom is 0.226 e. The predicted molar refractivity (Wildman–Crippen MR) is 81.7 cm³/mol. The molecule has 1 aromatic carbocycles. The van der Waals surface area contributed by atoms with Crippen LogP contribution >= 0.6 is 11.8 Å². The summed E-state index contributed by atoms with van der Waals surface area (Å²) in [7, 11) is 0. The zero-order chi connectivity index (χ0) is 14.4. The van der Waals surface area contributed by atoms with Crippen molar-refractivity contribution in [2.24, 2.45) is 0 Å². The molecule has 1 unspecified atom stereocenters. The Morgan fingerprint density at radius 1 is 1.25 bits per heavy atom. The molecule has 4 nitrogen and oxygen atoms in total. The van der Waals surface area contributed by atoms with Crippen molar-refractivity contribution in [2.45, 2.75) is 43.9 Å². The van der Waals surface area contributed by atoms with E-state index in [2.05, 4.69) is 53.6 Å². The lowest BCUT2D eigenvalue weighted by Gasteiger charge is -2.13. The number of nitrogens with zero attached hydrogens (tertiary/aromatic N) is 2. The molecule has 0 fully saturated rings. The fraction of sp³-hybridized carbons (Fsp3) is 0.467. The molecule has 1 aromatic heterocycles. The van der Waals surface area contributed by atoms with Crippen molar-refractivity contribution in [1.29, 1.82) is 0 Å². The highest BCUT2D eigenvalue weighted by atomic mass is 32.2. The second kappa shape index (κ2) is 7.45. The SMILES string of the molecule is CCCNC(C)c1ccc(SCc2nnc(C)o2)cc1. The second-order valence-corrected chi connectivity index (χ2v) is 5.80. The van der Waals surface area contributed by atoms with Crippen LogP contribution in [-0.4, -0.2) is 16.7 Å². The monoisotopic (exact) mass is 291 g/mol. The normalized spacial score (nSPS) is 12.6. The topological polar surface area (TPSA) is 51.0 Å². The molecule has 1 N–H and O–H groups in total. The molecule has 0 saturated heterocycles. The van der Waals surface area contributed by atoms with E-state index in [1.54, 1.807) is 18.7 Å². The zero-order valence-corrected chi connectivity index (χ0v) is 13.0. The summed E-state index contributed by atoms with van der Waals surface area (Å²) in [5, 5.41) is 11.3. The van der Waals surface area contributed by atoms with Crippen LogP contribution in [-0.2, 0) is 5.75 Å². The molecule has 0 spiro atoms. The Hall–Kier alpha value is -1.33. The van der Waals surface area contributed by atoms with Gasteiger partial charge in [-0.15, -0.1) is 22.0 Å². The Labute approximate surface area is 124 Å². The van der Waals surface area contributed by atoms with Gasteiger partial charge in [0.15, 0.2) is 0 Å². The number of aromatic nitrogens is 2. The third-order valence-electron chi connectivity index (χ3n) is 3.01. The minimum absolute atomic E-state index is 0.396. The van der Waals surface area contributed by atoms with Gasteiger partial charge in [-0.1, -0.05) is 19.1 Å². The van der Waals surface area contributed by atoms with Crippen LogP contribution in [0, 0.1) is 6.92 Å². The number of thioether (sulfide) groups is 1. The van der Waals surface area contributed by atoms with Crippen molar-refractivity contribution >= 4 is 11.8 Å². The van der Waals surface area contributed by atoms with E-state index >= 15 is 0 Å². The molecule has 1 atom stereocenters. The van der Waals surface area contributed by atoms with Crippen molar-refractivity contribution in [3.8, 4) is 0 Å². The van der Waals surface area contributed by atoms with Gasteiger partial charge in [0.25, 0.3) is 0 Å². The molecule has 0 bridgehead atoms. The molecule has 0 saturated carbocycles. The first kappa shape index (κ1) is 15.1. The average molecular weight is 291 g/mol. The number of benzene rings is 1. The third kappa shape index (κ3) is 4.35. The van der Waals surface area contributed by atoms with Crippen LogP contribution < -0.4 is 5.32 Å². The Morgan fingerprint density at radius 2 is 2.00 bits per heavy atom. The fourth-order valence-electron chi connectivity index (χ4n) is 1.87. The van der Waals surface area contributed by atoms with E-state index in [4.69, 9.17) is 4.42 Å². The molecule has 2 rings (SSSR count). The minimum atomic E-state index is 0.396. The summed E-state index contributed by atoms with van der Waals surface area (Å²) in [6.45, 7) is 7.23. The van der Waals surface area contributed by atoms with Crippen molar-refractivity contribution in [1.82, 2.24) is 15.5 Å². The molecule has 0 aliphatic rings. The highest BCUT2D eigenvalue weighted by Gasteiger charge is 2.06. The lowest BCUT2D eigenvalue weighted by Crippen LogP contribution is -2.19. The standard InChI is InChI=1S/C15H21N3OS/c1-4-9-16-11(2)13-5-7-14(8-6-13)20-10-15-18-17-12(3)19-15/h5-8,11,16H,4,9-10H2,1-3H3. The maximum atomic E-state index is 5.36. The molecule has 108 valence electrons. The van der Waals surface area contributed by atoms with Gasteiger partial charge in [-0.25, -0.2) is 0 Å². The Bertz CT molecular complexity index is 524. The van der Waals surface area contributed by atoms with E-state index < -0.39 is 0 Å². The van der Waals surface area contributed by atoms with E-state index in [0.29, 0.717) is 23.6 Å². The number of hydrogen-bond donors (Lipinski definition) is 1. The second-order valence-electron chi connectivity index (χ2n) is 4.75. The van der Waals surface area contributed by atoms with Crippen LogP contribution in [0.3, 0.4) is 0 Å². The van der Waals surface area contributed by atoms with Crippen LogP contribution in [0.15, 0.2) is 33.6 Å². The Morgan fingerprint density at radius 3 is 2.60 bits per heavy atom.